The van der Waals surface area contributed by atoms with Crippen molar-refractivity contribution < 1.29 is 5.11 Å². The van der Waals surface area contributed by atoms with Crippen molar-refractivity contribution in [2.45, 2.75) is 6.10 Å². The SMILES string of the molecule is CN1CC2CN(CCN)CC(C1)C2O. The number of likely N-dealkylation sites (tertiary alicyclic amines) is 2. The summed E-state index contributed by atoms with van der Waals surface area (Å²) in [6, 6.07) is 0. The molecule has 2 fully saturated rings. The zero-order valence-corrected chi connectivity index (χ0v) is 8.89. The number of nitrogens with two attached hydrogens (primary N) is 1. The van der Waals surface area contributed by atoms with Gasteiger partial charge in [0.05, 0.1) is 6.10 Å². The van der Waals surface area contributed by atoms with E-state index in [1.54, 1.807) is 0 Å². The molecule has 2 atom stereocenters. The molecule has 2 aliphatic rings. The van der Waals surface area contributed by atoms with E-state index >= 15 is 0 Å². The molecule has 2 bridgehead atoms. The van der Waals surface area contributed by atoms with Gasteiger partial charge in [0.1, 0.15) is 0 Å². The summed E-state index contributed by atoms with van der Waals surface area (Å²) in [5.74, 6) is 0.859. The summed E-state index contributed by atoms with van der Waals surface area (Å²) in [5, 5.41) is 10.0. The Morgan fingerprint density at radius 3 is 2.29 bits per heavy atom. The highest BCUT2D eigenvalue weighted by Gasteiger charge is 2.39. The molecule has 0 aromatic heterocycles. The Morgan fingerprint density at radius 1 is 1.21 bits per heavy atom. The number of hydrogen-bond acceptors (Lipinski definition) is 4. The maximum Gasteiger partial charge on any atom is 0.0645 e. The molecule has 4 heteroatoms. The minimum atomic E-state index is -0.0831. The van der Waals surface area contributed by atoms with Gasteiger partial charge in [-0.2, -0.15) is 0 Å². The Kier molecular flexibility index (Phi) is 3.07. The Morgan fingerprint density at radius 2 is 1.79 bits per heavy atom. The van der Waals surface area contributed by atoms with Gasteiger partial charge in [0.15, 0.2) is 0 Å². The van der Waals surface area contributed by atoms with Crippen LogP contribution in [-0.4, -0.2) is 67.3 Å². The minimum absolute atomic E-state index is 0.0831. The van der Waals surface area contributed by atoms with Crippen LogP contribution in [0.15, 0.2) is 0 Å². The normalized spacial score (nSPS) is 40.1. The molecular formula is C10H21N3O. The van der Waals surface area contributed by atoms with E-state index in [4.69, 9.17) is 5.73 Å². The van der Waals surface area contributed by atoms with E-state index < -0.39 is 0 Å². The molecule has 2 saturated heterocycles. The predicted octanol–water partition coefficient (Wildman–Crippen LogP) is -1.20. The molecule has 0 spiro atoms. The lowest BCUT2D eigenvalue weighted by molar-refractivity contribution is -0.0712. The molecule has 0 radical (unpaired) electrons. The fraction of sp³-hybridized carbons (Fsp3) is 1.00. The van der Waals surface area contributed by atoms with Crippen molar-refractivity contribution in [2.75, 3.05) is 46.3 Å². The van der Waals surface area contributed by atoms with Crippen LogP contribution >= 0.6 is 0 Å². The number of piperidine rings is 2. The summed E-state index contributed by atoms with van der Waals surface area (Å²) in [4.78, 5) is 4.73. The smallest absolute Gasteiger partial charge is 0.0645 e. The molecule has 82 valence electrons. The van der Waals surface area contributed by atoms with Crippen molar-refractivity contribution >= 4 is 0 Å². The van der Waals surface area contributed by atoms with Crippen molar-refractivity contribution in [2.24, 2.45) is 17.6 Å². The van der Waals surface area contributed by atoms with Gasteiger partial charge < -0.3 is 20.6 Å². The standard InChI is InChI=1S/C10H21N3O/c1-12-4-8-6-13(3-2-11)7-9(5-12)10(8)14/h8-10,14H,2-7,11H2,1H3. The average molecular weight is 199 g/mol. The highest BCUT2D eigenvalue weighted by molar-refractivity contribution is 4.93. The highest BCUT2D eigenvalue weighted by Crippen LogP contribution is 2.27. The predicted molar refractivity (Wildman–Crippen MR) is 56.0 cm³/mol. The first kappa shape index (κ1) is 10.4. The lowest BCUT2D eigenvalue weighted by atomic mass is 9.82. The van der Waals surface area contributed by atoms with Crippen molar-refractivity contribution in [1.82, 2.24) is 9.80 Å². The molecule has 2 unspecified atom stereocenters. The van der Waals surface area contributed by atoms with Gasteiger partial charge in [-0.1, -0.05) is 0 Å². The second-order valence-corrected chi connectivity index (χ2v) is 4.78. The molecule has 3 N–H and O–H groups in total. The monoisotopic (exact) mass is 199 g/mol. The molecule has 2 rings (SSSR count). The van der Waals surface area contributed by atoms with E-state index in [-0.39, 0.29) is 6.10 Å². The molecule has 0 aliphatic carbocycles. The van der Waals surface area contributed by atoms with Crippen LogP contribution in [0.5, 0.6) is 0 Å². The number of aliphatic hydroxyl groups excluding tert-OH is 1. The van der Waals surface area contributed by atoms with E-state index in [9.17, 15) is 5.11 Å². The first-order valence-corrected chi connectivity index (χ1v) is 5.49. The summed E-state index contributed by atoms with van der Waals surface area (Å²) in [6.45, 7) is 5.78. The maximum absolute atomic E-state index is 10.0. The van der Waals surface area contributed by atoms with E-state index in [0.29, 0.717) is 11.8 Å². The molecule has 14 heavy (non-hydrogen) atoms. The molecule has 4 nitrogen and oxygen atoms in total. The third-order valence-electron chi connectivity index (χ3n) is 3.49. The third-order valence-corrected chi connectivity index (χ3v) is 3.49. The van der Waals surface area contributed by atoms with Crippen LogP contribution < -0.4 is 5.73 Å². The van der Waals surface area contributed by atoms with Crippen molar-refractivity contribution in [3.63, 3.8) is 0 Å². The zero-order chi connectivity index (χ0) is 10.1. The summed E-state index contributed by atoms with van der Waals surface area (Å²) in [5.41, 5.74) is 5.56. The van der Waals surface area contributed by atoms with Gasteiger partial charge in [-0.15, -0.1) is 0 Å². The average Bonchev–Trinajstić information content (AvgIpc) is 2.09. The molecule has 2 aliphatic heterocycles. The topological polar surface area (TPSA) is 52.7 Å². The molecule has 0 amide bonds. The highest BCUT2D eigenvalue weighted by atomic mass is 16.3. The second-order valence-electron chi connectivity index (χ2n) is 4.78. The second kappa shape index (κ2) is 4.14. The lowest BCUT2D eigenvalue weighted by Crippen LogP contribution is -2.59. The van der Waals surface area contributed by atoms with Crippen LogP contribution in [0.25, 0.3) is 0 Å². The minimum Gasteiger partial charge on any atom is -0.392 e. The van der Waals surface area contributed by atoms with Crippen LogP contribution in [0, 0.1) is 11.8 Å². The van der Waals surface area contributed by atoms with Crippen LogP contribution in [0.1, 0.15) is 0 Å². The third kappa shape index (κ3) is 1.93. The lowest BCUT2D eigenvalue weighted by Gasteiger charge is -2.48. The molecule has 0 aromatic rings. The van der Waals surface area contributed by atoms with Crippen LogP contribution in [0.2, 0.25) is 0 Å². The van der Waals surface area contributed by atoms with Gasteiger partial charge in [-0.3, -0.25) is 0 Å². The Bertz CT molecular complexity index is 184. The molecule has 2 heterocycles. The van der Waals surface area contributed by atoms with E-state index in [1.165, 1.54) is 0 Å². The summed E-state index contributed by atoms with van der Waals surface area (Å²) in [7, 11) is 2.14. The molecular weight excluding hydrogens is 178 g/mol. The zero-order valence-electron chi connectivity index (χ0n) is 8.89. The fourth-order valence-corrected chi connectivity index (χ4v) is 2.91. The van der Waals surface area contributed by atoms with Gasteiger partial charge in [0.25, 0.3) is 0 Å². The number of aliphatic hydroxyl groups is 1. The summed E-state index contributed by atoms with van der Waals surface area (Å²) >= 11 is 0. The van der Waals surface area contributed by atoms with E-state index in [0.717, 1.165) is 39.3 Å². The Labute approximate surface area is 85.7 Å². The summed E-state index contributed by atoms with van der Waals surface area (Å²) in [6.07, 6.45) is -0.0831. The number of hydrogen-bond donors (Lipinski definition) is 2. The Hall–Kier alpha value is -0.160. The van der Waals surface area contributed by atoms with Gasteiger partial charge in [-0.05, 0) is 7.05 Å². The largest absolute Gasteiger partial charge is 0.392 e. The van der Waals surface area contributed by atoms with Gasteiger partial charge in [-0.25, -0.2) is 0 Å². The first-order chi connectivity index (χ1) is 6.70. The number of rotatable bonds is 2. The quantitative estimate of drug-likeness (QED) is 0.586. The fourth-order valence-electron chi connectivity index (χ4n) is 2.91. The van der Waals surface area contributed by atoms with Crippen molar-refractivity contribution in [3.8, 4) is 0 Å². The van der Waals surface area contributed by atoms with E-state index in [2.05, 4.69) is 16.8 Å². The number of fused-ring (bicyclic) bond motifs is 2. The van der Waals surface area contributed by atoms with Gasteiger partial charge in [0, 0.05) is 51.1 Å². The van der Waals surface area contributed by atoms with Crippen LogP contribution in [0.3, 0.4) is 0 Å². The Balaban J connectivity index is 1.98. The first-order valence-electron chi connectivity index (χ1n) is 5.49. The van der Waals surface area contributed by atoms with Gasteiger partial charge >= 0.3 is 0 Å². The maximum atomic E-state index is 10.0. The molecule has 0 aromatic carbocycles. The van der Waals surface area contributed by atoms with Gasteiger partial charge in [0.2, 0.25) is 0 Å². The van der Waals surface area contributed by atoms with Crippen LogP contribution in [-0.2, 0) is 0 Å². The molecule has 0 saturated carbocycles. The van der Waals surface area contributed by atoms with Crippen molar-refractivity contribution in [3.05, 3.63) is 0 Å². The van der Waals surface area contributed by atoms with E-state index in [1.807, 2.05) is 0 Å². The number of nitrogens with zero attached hydrogens (tertiary/aromatic N) is 2. The van der Waals surface area contributed by atoms with Crippen LogP contribution in [0.4, 0.5) is 0 Å². The van der Waals surface area contributed by atoms with Crippen molar-refractivity contribution in [1.29, 1.82) is 0 Å². The summed E-state index contributed by atoms with van der Waals surface area (Å²) < 4.78 is 0.